The van der Waals surface area contributed by atoms with Crippen LogP contribution in [0.4, 0.5) is 18.9 Å². The van der Waals surface area contributed by atoms with Crippen LogP contribution in [-0.4, -0.2) is 31.6 Å². The van der Waals surface area contributed by atoms with Gasteiger partial charge in [0.25, 0.3) is 5.91 Å². The Kier molecular flexibility index (Phi) is 5.34. The molecule has 4 rings (SSSR count). The van der Waals surface area contributed by atoms with Crippen LogP contribution >= 0.6 is 11.3 Å². The van der Waals surface area contributed by atoms with Crippen LogP contribution in [-0.2, 0) is 6.18 Å². The van der Waals surface area contributed by atoms with Crippen LogP contribution in [0.5, 0.6) is 0 Å². The number of amides is 1. The van der Waals surface area contributed by atoms with E-state index in [1.807, 2.05) is 0 Å². The molecule has 1 aromatic carbocycles. The highest BCUT2D eigenvalue weighted by atomic mass is 32.1. The van der Waals surface area contributed by atoms with Gasteiger partial charge < -0.3 is 10.3 Å². The molecule has 0 aliphatic carbocycles. The largest absolute Gasteiger partial charge is 0.416 e. The van der Waals surface area contributed by atoms with Crippen LogP contribution in [0.25, 0.3) is 11.4 Å². The van der Waals surface area contributed by atoms with E-state index >= 15 is 0 Å². The summed E-state index contributed by atoms with van der Waals surface area (Å²) in [5, 5.41) is 4.27. The number of nitrogens with zero attached hydrogens (tertiary/aromatic N) is 3. The Bertz CT molecular complexity index is 1230. The number of halogens is 3. The molecule has 3 aromatic heterocycles. The second-order valence-electron chi connectivity index (χ2n) is 6.30. The van der Waals surface area contributed by atoms with E-state index in [4.69, 9.17) is 0 Å². The minimum absolute atomic E-state index is 0.114. The predicted molar refractivity (Wildman–Crippen MR) is 107 cm³/mol. The minimum atomic E-state index is -4.55. The van der Waals surface area contributed by atoms with E-state index in [-0.39, 0.29) is 17.3 Å². The summed E-state index contributed by atoms with van der Waals surface area (Å²) in [6.07, 6.45) is -1.70. The Labute approximate surface area is 177 Å². The second kappa shape index (κ2) is 8.11. The first-order chi connectivity index (χ1) is 14.8. The van der Waals surface area contributed by atoms with Crippen molar-refractivity contribution in [2.45, 2.75) is 6.18 Å². The van der Waals surface area contributed by atoms with Crippen molar-refractivity contribution < 1.29 is 22.8 Å². The maximum atomic E-state index is 12.9. The fourth-order valence-electron chi connectivity index (χ4n) is 2.68. The smallest absolute Gasteiger partial charge is 0.341 e. The molecule has 31 heavy (non-hydrogen) atoms. The third-order valence-corrected chi connectivity index (χ3v) is 4.78. The number of thiazole rings is 1. The average Bonchev–Trinajstić information content (AvgIpc) is 3.46. The molecule has 0 fully saturated rings. The summed E-state index contributed by atoms with van der Waals surface area (Å²) in [5.41, 5.74) is 1.97. The Balaban J connectivity index is 1.50. The highest BCUT2D eigenvalue weighted by Gasteiger charge is 2.31. The molecule has 3 heterocycles. The quantitative estimate of drug-likeness (QED) is 0.445. The normalized spacial score (nSPS) is 11.3. The standard InChI is InChI=1S/C20H12F3N5O2S/c21-20(22,23)12-3-1-2-11(6-12)17(29)18-25-8-15(28-18)14-5-4-13(7-24-14)27-19(30)16-9-31-10-26-16/h1-10H,(H,25,28)(H,27,30). The summed E-state index contributed by atoms with van der Waals surface area (Å²) in [7, 11) is 0. The van der Waals surface area contributed by atoms with Gasteiger partial charge >= 0.3 is 6.18 Å². The van der Waals surface area contributed by atoms with Crippen LogP contribution in [0.3, 0.4) is 0 Å². The topological polar surface area (TPSA) is 101 Å². The Morgan fingerprint density at radius 2 is 1.90 bits per heavy atom. The summed E-state index contributed by atoms with van der Waals surface area (Å²) in [5.74, 6) is -1.16. The summed E-state index contributed by atoms with van der Waals surface area (Å²) in [4.78, 5) is 39.5. The molecule has 0 saturated carbocycles. The van der Waals surface area contributed by atoms with Crippen molar-refractivity contribution in [2.75, 3.05) is 5.32 Å². The van der Waals surface area contributed by atoms with Crippen molar-refractivity contribution in [3.8, 4) is 11.4 Å². The molecule has 0 spiro atoms. The van der Waals surface area contributed by atoms with Gasteiger partial charge in [0.15, 0.2) is 5.82 Å². The highest BCUT2D eigenvalue weighted by Crippen LogP contribution is 2.30. The first-order valence-electron chi connectivity index (χ1n) is 8.74. The molecule has 0 aliphatic heterocycles. The van der Waals surface area contributed by atoms with Gasteiger partial charge in [-0.15, -0.1) is 11.3 Å². The van der Waals surface area contributed by atoms with Gasteiger partial charge in [0.1, 0.15) is 11.4 Å². The molecule has 0 aliphatic rings. The number of alkyl halides is 3. The van der Waals surface area contributed by atoms with Gasteiger partial charge in [-0.1, -0.05) is 12.1 Å². The van der Waals surface area contributed by atoms with E-state index in [1.165, 1.54) is 35.9 Å². The van der Waals surface area contributed by atoms with Crippen LogP contribution < -0.4 is 5.32 Å². The van der Waals surface area contributed by atoms with Gasteiger partial charge in [-0.25, -0.2) is 9.97 Å². The first kappa shape index (κ1) is 20.4. The number of aromatic nitrogens is 4. The molecule has 11 heteroatoms. The molecule has 156 valence electrons. The fourth-order valence-corrected chi connectivity index (χ4v) is 3.21. The SMILES string of the molecule is O=C(Nc1ccc(-c2c[nH]c(C(=O)c3cccc(C(F)(F)F)c3)n2)nc1)c1cscn1. The van der Waals surface area contributed by atoms with Crippen molar-refractivity contribution in [3.05, 3.63) is 82.3 Å². The molecule has 7 nitrogen and oxygen atoms in total. The van der Waals surface area contributed by atoms with Crippen molar-refractivity contribution >= 4 is 28.7 Å². The van der Waals surface area contributed by atoms with E-state index in [2.05, 4.69) is 25.3 Å². The summed E-state index contributed by atoms with van der Waals surface area (Å²) >= 11 is 1.30. The number of carbonyl (C=O) groups excluding carboxylic acids is 2. The lowest BCUT2D eigenvalue weighted by atomic mass is 10.1. The lowest BCUT2D eigenvalue weighted by molar-refractivity contribution is -0.137. The van der Waals surface area contributed by atoms with Crippen LogP contribution in [0.15, 0.2) is 59.7 Å². The lowest BCUT2D eigenvalue weighted by Crippen LogP contribution is -2.12. The van der Waals surface area contributed by atoms with Gasteiger partial charge in [-0.2, -0.15) is 13.2 Å². The molecule has 2 N–H and O–H groups in total. The summed E-state index contributed by atoms with van der Waals surface area (Å²) in [6, 6.07) is 7.32. The number of nitrogens with one attached hydrogen (secondary N) is 2. The Morgan fingerprint density at radius 1 is 1.06 bits per heavy atom. The van der Waals surface area contributed by atoms with Crippen LogP contribution in [0.2, 0.25) is 0 Å². The number of imidazole rings is 1. The number of H-pyrrole nitrogens is 1. The molecule has 0 atom stereocenters. The molecule has 0 unspecified atom stereocenters. The summed E-state index contributed by atoms with van der Waals surface area (Å²) in [6.45, 7) is 0. The molecule has 4 aromatic rings. The molecule has 0 radical (unpaired) electrons. The third-order valence-electron chi connectivity index (χ3n) is 4.19. The minimum Gasteiger partial charge on any atom is -0.341 e. The number of ketones is 1. The number of rotatable bonds is 5. The maximum Gasteiger partial charge on any atom is 0.416 e. The van der Waals surface area contributed by atoms with E-state index in [0.717, 1.165) is 12.1 Å². The van der Waals surface area contributed by atoms with Gasteiger partial charge in [0, 0.05) is 17.1 Å². The average molecular weight is 443 g/mol. The van der Waals surface area contributed by atoms with E-state index in [0.29, 0.717) is 22.8 Å². The number of anilines is 1. The number of pyridine rings is 1. The number of hydrogen-bond donors (Lipinski definition) is 2. The van der Waals surface area contributed by atoms with Crippen molar-refractivity contribution in [3.63, 3.8) is 0 Å². The van der Waals surface area contributed by atoms with Gasteiger partial charge in [0.2, 0.25) is 5.78 Å². The first-order valence-corrected chi connectivity index (χ1v) is 9.69. The second-order valence-corrected chi connectivity index (χ2v) is 7.02. The fraction of sp³-hybridized carbons (Fsp3) is 0.0500. The lowest BCUT2D eigenvalue weighted by Gasteiger charge is -2.07. The van der Waals surface area contributed by atoms with Gasteiger partial charge in [-0.3, -0.25) is 14.6 Å². The van der Waals surface area contributed by atoms with Crippen LogP contribution in [0, 0.1) is 0 Å². The molecular formula is C20H12F3N5O2S. The maximum absolute atomic E-state index is 12.9. The number of carbonyl (C=O) groups is 2. The zero-order valence-electron chi connectivity index (χ0n) is 15.5. The van der Waals surface area contributed by atoms with E-state index in [1.54, 1.807) is 23.0 Å². The zero-order chi connectivity index (χ0) is 22.0. The number of hydrogen-bond acceptors (Lipinski definition) is 6. The zero-order valence-corrected chi connectivity index (χ0v) is 16.3. The highest BCUT2D eigenvalue weighted by molar-refractivity contribution is 7.07. The van der Waals surface area contributed by atoms with Gasteiger partial charge in [-0.05, 0) is 24.3 Å². The Hall–Kier alpha value is -3.86. The van der Waals surface area contributed by atoms with Crippen molar-refractivity contribution in [1.29, 1.82) is 0 Å². The molecular weight excluding hydrogens is 431 g/mol. The monoisotopic (exact) mass is 443 g/mol. The van der Waals surface area contributed by atoms with Crippen molar-refractivity contribution in [2.24, 2.45) is 0 Å². The molecule has 0 bridgehead atoms. The summed E-state index contributed by atoms with van der Waals surface area (Å²) < 4.78 is 38.6. The van der Waals surface area contributed by atoms with E-state index < -0.39 is 17.5 Å². The van der Waals surface area contributed by atoms with Gasteiger partial charge in [0.05, 0.1) is 28.7 Å². The molecule has 1 amide bonds. The third kappa shape index (κ3) is 4.51. The van der Waals surface area contributed by atoms with Crippen LogP contribution in [0.1, 0.15) is 32.2 Å². The molecule has 0 saturated heterocycles. The van der Waals surface area contributed by atoms with Crippen molar-refractivity contribution in [1.82, 2.24) is 19.9 Å². The predicted octanol–water partition coefficient (Wildman–Crippen LogP) is 4.43. The number of benzene rings is 1. The van der Waals surface area contributed by atoms with E-state index in [9.17, 15) is 22.8 Å². The number of aromatic amines is 1. The Morgan fingerprint density at radius 3 is 2.58 bits per heavy atom.